The number of nitrogens with one attached hydrogen (secondary N) is 1. The molecule has 1 amide bonds. The third kappa shape index (κ3) is 3.59. The third-order valence-electron chi connectivity index (χ3n) is 3.61. The summed E-state index contributed by atoms with van der Waals surface area (Å²) >= 11 is 9.69. The molecule has 0 fully saturated rings. The Hall–Kier alpha value is -2.75. The molecular formula is C19H12BrClN2O3. The van der Waals surface area contributed by atoms with Gasteiger partial charge in [0.25, 0.3) is 5.91 Å². The topological polar surface area (TPSA) is 75.3 Å². The van der Waals surface area contributed by atoms with Gasteiger partial charge < -0.3 is 14.5 Å². The van der Waals surface area contributed by atoms with Gasteiger partial charge in [-0.3, -0.25) is 4.79 Å². The highest BCUT2D eigenvalue weighted by molar-refractivity contribution is 9.10. The largest absolute Gasteiger partial charge is 0.495 e. The first-order valence-electron chi connectivity index (χ1n) is 7.47. The number of para-hydroxylation sites is 2. The molecule has 0 saturated carbocycles. The van der Waals surface area contributed by atoms with Crippen molar-refractivity contribution < 1.29 is 13.9 Å². The van der Waals surface area contributed by atoms with Crippen LogP contribution in [0.5, 0.6) is 5.75 Å². The molecule has 1 N–H and O–H groups in total. The van der Waals surface area contributed by atoms with Crippen molar-refractivity contribution in [2.24, 2.45) is 0 Å². The summed E-state index contributed by atoms with van der Waals surface area (Å²) in [7, 11) is 1.50. The summed E-state index contributed by atoms with van der Waals surface area (Å²) < 4.78 is 11.7. The van der Waals surface area contributed by atoms with E-state index in [2.05, 4.69) is 21.2 Å². The number of hydrogen-bond acceptors (Lipinski definition) is 4. The number of furan rings is 1. The van der Waals surface area contributed by atoms with Crippen molar-refractivity contribution in [3.8, 4) is 11.8 Å². The minimum atomic E-state index is -0.588. The van der Waals surface area contributed by atoms with E-state index >= 15 is 0 Å². The van der Waals surface area contributed by atoms with Gasteiger partial charge in [-0.1, -0.05) is 39.7 Å². The quantitative estimate of drug-likeness (QED) is 0.443. The van der Waals surface area contributed by atoms with Gasteiger partial charge in [-0.05, 0) is 30.3 Å². The Balaban J connectivity index is 1.94. The number of carbonyl (C=O) groups excluding carboxylic acids is 1. The lowest BCUT2D eigenvalue weighted by Gasteiger charge is -2.08. The van der Waals surface area contributed by atoms with Gasteiger partial charge in [-0.15, -0.1) is 0 Å². The molecule has 2 aromatic carbocycles. The number of rotatable bonds is 4. The van der Waals surface area contributed by atoms with Gasteiger partial charge in [0.05, 0.1) is 17.8 Å². The highest BCUT2D eigenvalue weighted by atomic mass is 79.9. The van der Waals surface area contributed by atoms with Crippen LogP contribution in [-0.2, 0) is 4.79 Å². The van der Waals surface area contributed by atoms with Crippen LogP contribution in [0.4, 0.5) is 5.69 Å². The van der Waals surface area contributed by atoms with E-state index in [1.54, 1.807) is 36.4 Å². The molecule has 0 spiro atoms. The van der Waals surface area contributed by atoms with Crippen molar-refractivity contribution in [3.63, 3.8) is 0 Å². The lowest BCUT2D eigenvalue weighted by Crippen LogP contribution is -2.14. The van der Waals surface area contributed by atoms with Crippen molar-refractivity contribution in [3.05, 3.63) is 63.3 Å². The van der Waals surface area contributed by atoms with Gasteiger partial charge in [0, 0.05) is 15.9 Å². The maximum atomic E-state index is 12.4. The van der Waals surface area contributed by atoms with E-state index in [1.165, 1.54) is 13.2 Å². The van der Waals surface area contributed by atoms with Crippen LogP contribution in [0.3, 0.4) is 0 Å². The normalized spacial score (nSPS) is 11.2. The number of anilines is 1. The highest BCUT2D eigenvalue weighted by Gasteiger charge is 2.16. The molecule has 0 saturated heterocycles. The summed E-state index contributed by atoms with van der Waals surface area (Å²) in [5, 5.41) is 13.0. The molecule has 5 nitrogen and oxygen atoms in total. The number of benzene rings is 2. The Morgan fingerprint density at radius 1 is 1.35 bits per heavy atom. The molecule has 0 aliphatic heterocycles. The number of hydrogen-bond donors (Lipinski definition) is 1. The minimum Gasteiger partial charge on any atom is -0.495 e. The molecule has 3 rings (SSSR count). The molecule has 0 aliphatic rings. The molecule has 130 valence electrons. The van der Waals surface area contributed by atoms with E-state index in [0.717, 1.165) is 4.47 Å². The molecule has 26 heavy (non-hydrogen) atoms. The molecule has 0 bridgehead atoms. The maximum absolute atomic E-state index is 12.4. The minimum absolute atomic E-state index is 0.143. The molecule has 0 unspecified atom stereocenters. The number of fused-ring (bicyclic) bond motifs is 1. The van der Waals surface area contributed by atoms with Crippen molar-refractivity contribution in [1.82, 2.24) is 0 Å². The van der Waals surface area contributed by atoms with E-state index in [1.807, 2.05) is 12.1 Å². The van der Waals surface area contributed by atoms with Crippen molar-refractivity contribution in [1.29, 1.82) is 5.26 Å². The predicted molar refractivity (Wildman–Crippen MR) is 104 cm³/mol. The first-order chi connectivity index (χ1) is 12.5. The zero-order valence-corrected chi connectivity index (χ0v) is 15.9. The SMILES string of the molecule is COc1ccccc1NC(=O)C(C#N)=Cc1oc2ccc(Br)cc2c1Cl. The van der Waals surface area contributed by atoms with Gasteiger partial charge in [0.2, 0.25) is 0 Å². The molecule has 1 aromatic heterocycles. The molecule has 0 radical (unpaired) electrons. The second-order valence-corrected chi connectivity index (χ2v) is 6.54. The smallest absolute Gasteiger partial charge is 0.266 e. The third-order valence-corrected chi connectivity index (χ3v) is 4.49. The Morgan fingerprint density at radius 3 is 2.85 bits per heavy atom. The molecule has 3 aromatic rings. The van der Waals surface area contributed by atoms with Gasteiger partial charge >= 0.3 is 0 Å². The molecule has 7 heteroatoms. The Kier molecular flexibility index (Phi) is 5.31. The van der Waals surface area contributed by atoms with Gasteiger partial charge in [0.15, 0.2) is 0 Å². The summed E-state index contributed by atoms with van der Waals surface area (Å²) in [6.07, 6.45) is 1.32. The highest BCUT2D eigenvalue weighted by Crippen LogP contribution is 2.34. The van der Waals surface area contributed by atoms with Crippen LogP contribution in [0.1, 0.15) is 5.76 Å². The summed E-state index contributed by atoms with van der Waals surface area (Å²) in [4.78, 5) is 12.4. The number of amides is 1. The predicted octanol–water partition coefficient (Wildman–Crippen LogP) is 5.40. The Morgan fingerprint density at radius 2 is 2.12 bits per heavy atom. The average molecular weight is 432 g/mol. The van der Waals surface area contributed by atoms with Crippen LogP contribution >= 0.6 is 27.5 Å². The fourth-order valence-corrected chi connectivity index (χ4v) is 2.97. The fraction of sp³-hybridized carbons (Fsp3) is 0.0526. The Bertz CT molecular complexity index is 1070. The Labute approximate surface area is 162 Å². The van der Waals surface area contributed by atoms with Crippen LogP contribution in [-0.4, -0.2) is 13.0 Å². The maximum Gasteiger partial charge on any atom is 0.266 e. The zero-order chi connectivity index (χ0) is 18.7. The second-order valence-electron chi connectivity index (χ2n) is 5.25. The van der Waals surface area contributed by atoms with Gasteiger partial charge in [0.1, 0.15) is 28.7 Å². The summed E-state index contributed by atoms with van der Waals surface area (Å²) in [6, 6.07) is 14.2. The van der Waals surface area contributed by atoms with E-state index in [-0.39, 0.29) is 11.3 Å². The number of nitrogens with zero attached hydrogens (tertiary/aromatic N) is 1. The van der Waals surface area contributed by atoms with Crippen molar-refractivity contribution in [2.75, 3.05) is 12.4 Å². The van der Waals surface area contributed by atoms with E-state index in [4.69, 9.17) is 20.8 Å². The fourth-order valence-electron chi connectivity index (χ4n) is 2.37. The summed E-state index contributed by atoms with van der Waals surface area (Å²) in [5.74, 6) is 0.144. The van der Waals surface area contributed by atoms with Gasteiger partial charge in [-0.25, -0.2) is 0 Å². The van der Waals surface area contributed by atoms with E-state index in [9.17, 15) is 10.1 Å². The zero-order valence-electron chi connectivity index (χ0n) is 13.5. The van der Waals surface area contributed by atoms with Crippen LogP contribution in [0.15, 0.2) is 56.9 Å². The summed E-state index contributed by atoms with van der Waals surface area (Å²) in [5.41, 5.74) is 0.878. The molecule has 0 atom stereocenters. The number of methoxy groups -OCH3 is 1. The average Bonchev–Trinajstić information content (AvgIpc) is 2.95. The van der Waals surface area contributed by atoms with Crippen molar-refractivity contribution >= 4 is 56.2 Å². The van der Waals surface area contributed by atoms with Gasteiger partial charge in [-0.2, -0.15) is 5.26 Å². The molecule has 1 heterocycles. The second kappa shape index (κ2) is 7.65. The number of carbonyl (C=O) groups is 1. The summed E-state index contributed by atoms with van der Waals surface area (Å²) in [6.45, 7) is 0. The van der Waals surface area contributed by atoms with Crippen LogP contribution in [0.25, 0.3) is 17.0 Å². The van der Waals surface area contributed by atoms with Crippen molar-refractivity contribution in [2.45, 2.75) is 0 Å². The molecular weight excluding hydrogens is 420 g/mol. The van der Waals surface area contributed by atoms with E-state index in [0.29, 0.717) is 27.4 Å². The number of halogens is 2. The van der Waals surface area contributed by atoms with Crippen LogP contribution < -0.4 is 10.1 Å². The van der Waals surface area contributed by atoms with E-state index < -0.39 is 5.91 Å². The first-order valence-corrected chi connectivity index (χ1v) is 8.64. The monoisotopic (exact) mass is 430 g/mol. The number of ether oxygens (including phenoxy) is 1. The number of nitriles is 1. The molecule has 0 aliphatic carbocycles. The first kappa shape index (κ1) is 18.1. The van der Waals surface area contributed by atoms with Crippen LogP contribution in [0, 0.1) is 11.3 Å². The standard InChI is InChI=1S/C19H12BrClN2O3/c1-25-16-5-3-2-4-14(16)23-19(24)11(10-22)8-17-18(21)13-9-12(20)6-7-15(13)26-17/h2-9H,1H3,(H,23,24). The van der Waals surface area contributed by atoms with Crippen LogP contribution in [0.2, 0.25) is 5.02 Å². The lowest BCUT2D eigenvalue weighted by molar-refractivity contribution is -0.112. The lowest BCUT2D eigenvalue weighted by atomic mass is 10.2.